The Hall–Kier alpha value is -0.450. The van der Waals surface area contributed by atoms with Crippen LogP contribution in [-0.4, -0.2) is 36.1 Å². The van der Waals surface area contributed by atoms with E-state index in [1.165, 1.54) is 5.75 Å². The van der Waals surface area contributed by atoms with E-state index in [1.54, 1.807) is 6.20 Å². The fraction of sp³-hybridized carbons (Fsp3) is 0.667. The summed E-state index contributed by atoms with van der Waals surface area (Å²) in [4.78, 5) is 6.68. The first-order valence-electron chi connectivity index (χ1n) is 7.05. The molecule has 20 heavy (non-hydrogen) atoms. The van der Waals surface area contributed by atoms with Crippen LogP contribution >= 0.6 is 23.4 Å². The number of anilines is 1. The van der Waals surface area contributed by atoms with Crippen LogP contribution in [0.5, 0.6) is 0 Å². The molecule has 0 aliphatic heterocycles. The Balaban J connectivity index is 2.77. The first kappa shape index (κ1) is 17.6. The fourth-order valence-electron chi connectivity index (χ4n) is 1.82. The average Bonchev–Trinajstić information content (AvgIpc) is 2.42. The van der Waals surface area contributed by atoms with Crippen LogP contribution in [0.4, 0.5) is 5.82 Å². The molecule has 0 bridgehead atoms. The Bertz CT molecular complexity index is 412. The third-order valence-electron chi connectivity index (χ3n) is 3.38. The van der Waals surface area contributed by atoms with Crippen LogP contribution in [0.15, 0.2) is 12.3 Å². The van der Waals surface area contributed by atoms with Crippen LogP contribution in [-0.2, 0) is 6.54 Å². The molecule has 1 atom stereocenters. The highest BCUT2D eigenvalue weighted by Crippen LogP contribution is 2.22. The molecule has 0 saturated carbocycles. The van der Waals surface area contributed by atoms with Gasteiger partial charge in [-0.1, -0.05) is 25.4 Å². The summed E-state index contributed by atoms with van der Waals surface area (Å²) in [6.45, 7) is 7.27. The fourth-order valence-corrected chi connectivity index (χ4v) is 2.57. The highest BCUT2D eigenvalue weighted by molar-refractivity contribution is 7.98. The monoisotopic (exact) mass is 315 g/mol. The average molecular weight is 316 g/mol. The minimum absolute atomic E-state index is 0.445. The zero-order valence-electron chi connectivity index (χ0n) is 13.1. The number of rotatable bonds is 8. The second-order valence-corrected chi connectivity index (χ2v) is 6.80. The van der Waals surface area contributed by atoms with Crippen molar-refractivity contribution in [2.24, 2.45) is 0 Å². The molecule has 114 valence electrons. The van der Waals surface area contributed by atoms with Gasteiger partial charge in [0.15, 0.2) is 0 Å². The van der Waals surface area contributed by atoms with Crippen LogP contribution in [0.2, 0.25) is 5.02 Å². The summed E-state index contributed by atoms with van der Waals surface area (Å²) in [7, 11) is 2.10. The van der Waals surface area contributed by atoms with E-state index in [9.17, 15) is 0 Å². The number of halogens is 1. The third kappa shape index (κ3) is 5.51. The van der Waals surface area contributed by atoms with Gasteiger partial charge in [0.2, 0.25) is 0 Å². The van der Waals surface area contributed by atoms with Gasteiger partial charge in [0.25, 0.3) is 0 Å². The number of thioether (sulfide) groups is 1. The first-order valence-corrected chi connectivity index (χ1v) is 8.82. The standard InChI is InChI=1S/C15H26ClN3S/c1-11(2)17-9-13-8-15(18-10-14(13)16)19(4)12(3)6-7-20-5/h8,10-12,17H,6-7,9H2,1-5H3. The Kier molecular flexibility index (Phi) is 7.70. The Labute approximate surface area is 132 Å². The zero-order valence-corrected chi connectivity index (χ0v) is 14.7. The van der Waals surface area contributed by atoms with Crippen LogP contribution in [0.3, 0.4) is 0 Å². The van der Waals surface area contributed by atoms with E-state index in [-0.39, 0.29) is 0 Å². The van der Waals surface area contributed by atoms with Crippen molar-refractivity contribution in [2.75, 3.05) is 24.0 Å². The minimum atomic E-state index is 0.445. The summed E-state index contributed by atoms with van der Waals surface area (Å²) in [6, 6.07) is 3.01. The SMILES string of the molecule is CSCCC(C)N(C)c1cc(CNC(C)C)c(Cl)cn1. The lowest BCUT2D eigenvalue weighted by Gasteiger charge is -2.26. The number of nitrogens with one attached hydrogen (secondary N) is 1. The van der Waals surface area contributed by atoms with E-state index in [0.717, 1.165) is 29.4 Å². The molecule has 1 rings (SSSR count). The van der Waals surface area contributed by atoms with Crippen molar-refractivity contribution in [3.8, 4) is 0 Å². The van der Waals surface area contributed by atoms with Gasteiger partial charge >= 0.3 is 0 Å². The van der Waals surface area contributed by atoms with Crippen LogP contribution in [0.1, 0.15) is 32.8 Å². The Morgan fingerprint density at radius 3 is 2.70 bits per heavy atom. The van der Waals surface area contributed by atoms with E-state index in [4.69, 9.17) is 11.6 Å². The Morgan fingerprint density at radius 1 is 1.40 bits per heavy atom. The predicted molar refractivity (Wildman–Crippen MR) is 92.1 cm³/mol. The topological polar surface area (TPSA) is 28.2 Å². The van der Waals surface area contributed by atoms with Crippen molar-refractivity contribution in [3.63, 3.8) is 0 Å². The summed E-state index contributed by atoms with van der Waals surface area (Å²) in [5, 5.41) is 4.13. The predicted octanol–water partition coefficient (Wildman–Crippen LogP) is 3.81. The molecule has 0 aliphatic carbocycles. The molecule has 0 fully saturated rings. The van der Waals surface area contributed by atoms with E-state index in [1.807, 2.05) is 11.8 Å². The number of pyridine rings is 1. The van der Waals surface area contributed by atoms with Gasteiger partial charge in [-0.2, -0.15) is 11.8 Å². The van der Waals surface area contributed by atoms with Gasteiger partial charge in [-0.15, -0.1) is 0 Å². The molecule has 0 aliphatic rings. The van der Waals surface area contributed by atoms with E-state index < -0.39 is 0 Å². The zero-order chi connectivity index (χ0) is 15.1. The van der Waals surface area contributed by atoms with Gasteiger partial charge in [-0.25, -0.2) is 4.98 Å². The van der Waals surface area contributed by atoms with E-state index in [0.29, 0.717) is 12.1 Å². The second-order valence-electron chi connectivity index (χ2n) is 5.41. The lowest BCUT2D eigenvalue weighted by atomic mass is 10.2. The summed E-state index contributed by atoms with van der Waals surface area (Å²) in [5.41, 5.74) is 1.11. The lowest BCUT2D eigenvalue weighted by molar-refractivity contribution is 0.588. The van der Waals surface area contributed by atoms with Crippen LogP contribution in [0, 0.1) is 0 Å². The number of hydrogen-bond donors (Lipinski definition) is 1. The smallest absolute Gasteiger partial charge is 0.128 e. The highest BCUT2D eigenvalue weighted by Gasteiger charge is 2.13. The largest absolute Gasteiger partial charge is 0.357 e. The third-order valence-corrected chi connectivity index (χ3v) is 4.37. The molecule has 0 amide bonds. The molecule has 1 aromatic heterocycles. The van der Waals surface area contributed by atoms with Crippen molar-refractivity contribution in [1.29, 1.82) is 0 Å². The van der Waals surface area contributed by atoms with Gasteiger partial charge < -0.3 is 10.2 Å². The molecule has 1 heterocycles. The lowest BCUT2D eigenvalue weighted by Crippen LogP contribution is -2.30. The summed E-state index contributed by atoms with van der Waals surface area (Å²) in [6.07, 6.45) is 5.05. The van der Waals surface area contributed by atoms with Gasteiger partial charge in [-0.3, -0.25) is 0 Å². The Morgan fingerprint density at radius 2 is 2.10 bits per heavy atom. The second kappa shape index (κ2) is 8.75. The van der Waals surface area contributed by atoms with Crippen LogP contribution in [0.25, 0.3) is 0 Å². The summed E-state index contributed by atoms with van der Waals surface area (Å²) in [5.74, 6) is 2.16. The number of hydrogen-bond acceptors (Lipinski definition) is 4. The number of aromatic nitrogens is 1. The maximum absolute atomic E-state index is 6.22. The molecule has 0 radical (unpaired) electrons. The van der Waals surface area contributed by atoms with Crippen molar-refractivity contribution < 1.29 is 0 Å². The van der Waals surface area contributed by atoms with Gasteiger partial charge in [-0.05, 0) is 37.0 Å². The summed E-state index contributed by atoms with van der Waals surface area (Å²) >= 11 is 8.10. The normalized spacial score (nSPS) is 12.8. The first-order chi connectivity index (χ1) is 9.45. The molecule has 0 aromatic carbocycles. The summed E-state index contributed by atoms with van der Waals surface area (Å²) < 4.78 is 0. The molecule has 3 nitrogen and oxygen atoms in total. The van der Waals surface area contributed by atoms with Crippen molar-refractivity contribution in [1.82, 2.24) is 10.3 Å². The van der Waals surface area contributed by atoms with E-state index >= 15 is 0 Å². The highest BCUT2D eigenvalue weighted by atomic mass is 35.5. The molecule has 1 unspecified atom stereocenters. The van der Waals surface area contributed by atoms with Crippen molar-refractivity contribution in [2.45, 2.75) is 45.8 Å². The molecule has 1 N–H and O–H groups in total. The molecule has 1 aromatic rings. The maximum Gasteiger partial charge on any atom is 0.128 e. The van der Waals surface area contributed by atoms with Crippen LogP contribution < -0.4 is 10.2 Å². The molecular weight excluding hydrogens is 290 g/mol. The molecule has 0 saturated heterocycles. The van der Waals surface area contributed by atoms with Gasteiger partial charge in [0, 0.05) is 31.9 Å². The molecular formula is C15H26ClN3S. The van der Waals surface area contributed by atoms with E-state index in [2.05, 4.69) is 55.3 Å². The molecule has 5 heteroatoms. The van der Waals surface area contributed by atoms with Crippen molar-refractivity contribution >= 4 is 29.2 Å². The maximum atomic E-state index is 6.22. The quantitative estimate of drug-likeness (QED) is 0.789. The van der Waals surface area contributed by atoms with Gasteiger partial charge in [0.1, 0.15) is 5.82 Å². The minimum Gasteiger partial charge on any atom is -0.357 e. The van der Waals surface area contributed by atoms with Crippen molar-refractivity contribution in [3.05, 3.63) is 22.8 Å². The molecule has 0 spiro atoms. The van der Waals surface area contributed by atoms with Gasteiger partial charge in [0.05, 0.1) is 5.02 Å². The number of nitrogens with zero attached hydrogens (tertiary/aromatic N) is 2.